The molecule has 2 rings (SSSR count). The first kappa shape index (κ1) is 12.9. The third kappa shape index (κ3) is 2.51. The predicted molar refractivity (Wildman–Crippen MR) is 71.7 cm³/mol. The molecule has 1 unspecified atom stereocenters. The molecule has 1 saturated heterocycles. The van der Waals surface area contributed by atoms with E-state index in [1.54, 1.807) is 6.07 Å². The van der Waals surface area contributed by atoms with Crippen LogP contribution in [0.3, 0.4) is 0 Å². The van der Waals surface area contributed by atoms with E-state index in [0.717, 1.165) is 9.35 Å². The van der Waals surface area contributed by atoms with Crippen molar-refractivity contribution in [1.82, 2.24) is 4.90 Å². The van der Waals surface area contributed by atoms with Crippen molar-refractivity contribution >= 4 is 50.9 Å². The number of aliphatic carboxylic acids is 1. The Morgan fingerprint density at radius 1 is 1.59 bits per heavy atom. The number of carboxylic acid groups (broad SMARTS) is 1. The van der Waals surface area contributed by atoms with Gasteiger partial charge in [0.1, 0.15) is 6.04 Å². The smallest absolute Gasteiger partial charge is 0.327 e. The average Bonchev–Trinajstić information content (AvgIpc) is 2.85. The van der Waals surface area contributed by atoms with Crippen LogP contribution in [0, 0.1) is 6.92 Å². The van der Waals surface area contributed by atoms with Crippen LogP contribution in [-0.2, 0) is 4.79 Å². The summed E-state index contributed by atoms with van der Waals surface area (Å²) in [6.07, 6.45) is 0. The standard InChI is InChI=1S/C10H10BrNO3S2/c1-5-2-7(17-8(5)11)9(13)12-4-16-3-6(12)10(14)15/h2,6H,3-4H2,1H3,(H,14,15). The van der Waals surface area contributed by atoms with E-state index in [-0.39, 0.29) is 5.91 Å². The number of thiophene rings is 1. The fourth-order valence-electron chi connectivity index (χ4n) is 1.55. The van der Waals surface area contributed by atoms with Crippen molar-refractivity contribution in [2.24, 2.45) is 0 Å². The van der Waals surface area contributed by atoms with Gasteiger partial charge < -0.3 is 10.0 Å². The summed E-state index contributed by atoms with van der Waals surface area (Å²) in [5.41, 5.74) is 0.997. The van der Waals surface area contributed by atoms with E-state index in [0.29, 0.717) is 16.5 Å². The molecule has 17 heavy (non-hydrogen) atoms. The molecule has 0 radical (unpaired) electrons. The first-order valence-corrected chi connectivity index (χ1v) is 7.64. The maximum Gasteiger partial charge on any atom is 0.327 e. The molecule has 0 aromatic carbocycles. The molecule has 0 bridgehead atoms. The van der Waals surface area contributed by atoms with Crippen LogP contribution >= 0.6 is 39.0 Å². The van der Waals surface area contributed by atoms with Gasteiger partial charge in [-0.2, -0.15) is 0 Å². The van der Waals surface area contributed by atoms with Gasteiger partial charge in [0.05, 0.1) is 14.5 Å². The lowest BCUT2D eigenvalue weighted by Gasteiger charge is -2.19. The number of aryl methyl sites for hydroxylation is 1. The second-order valence-electron chi connectivity index (χ2n) is 3.70. The van der Waals surface area contributed by atoms with Gasteiger partial charge >= 0.3 is 5.97 Å². The second-order valence-corrected chi connectivity index (χ2v) is 7.07. The van der Waals surface area contributed by atoms with Crippen molar-refractivity contribution in [3.8, 4) is 0 Å². The van der Waals surface area contributed by atoms with Gasteiger partial charge in [0.2, 0.25) is 0 Å². The first-order valence-electron chi connectivity index (χ1n) is 4.88. The van der Waals surface area contributed by atoms with Crippen molar-refractivity contribution < 1.29 is 14.7 Å². The topological polar surface area (TPSA) is 57.6 Å². The number of rotatable bonds is 2. The fourth-order valence-corrected chi connectivity index (χ4v) is 4.19. The molecule has 0 saturated carbocycles. The highest BCUT2D eigenvalue weighted by atomic mass is 79.9. The minimum absolute atomic E-state index is 0.193. The predicted octanol–water partition coefficient (Wildman–Crippen LogP) is 2.42. The summed E-state index contributed by atoms with van der Waals surface area (Å²) < 4.78 is 0.916. The van der Waals surface area contributed by atoms with Gasteiger partial charge in [-0.05, 0) is 34.5 Å². The Morgan fingerprint density at radius 2 is 2.29 bits per heavy atom. The lowest BCUT2D eigenvalue weighted by atomic mass is 10.2. The number of carbonyl (C=O) groups excluding carboxylic acids is 1. The maximum atomic E-state index is 12.2. The van der Waals surface area contributed by atoms with Crippen molar-refractivity contribution in [1.29, 1.82) is 0 Å². The summed E-state index contributed by atoms with van der Waals surface area (Å²) in [7, 11) is 0. The number of amides is 1. The number of halogens is 1. The van der Waals surface area contributed by atoms with E-state index < -0.39 is 12.0 Å². The summed E-state index contributed by atoms with van der Waals surface area (Å²) >= 11 is 6.18. The van der Waals surface area contributed by atoms with Crippen molar-refractivity contribution in [2.45, 2.75) is 13.0 Å². The number of nitrogens with zero attached hydrogens (tertiary/aromatic N) is 1. The van der Waals surface area contributed by atoms with E-state index >= 15 is 0 Å². The third-order valence-corrected chi connectivity index (χ3v) is 5.63. The van der Waals surface area contributed by atoms with Gasteiger partial charge in [0.25, 0.3) is 5.91 Å². The number of thioether (sulfide) groups is 1. The monoisotopic (exact) mass is 335 g/mol. The molecule has 1 amide bonds. The number of hydrogen-bond acceptors (Lipinski definition) is 4. The van der Waals surface area contributed by atoms with Gasteiger partial charge in [-0.25, -0.2) is 4.79 Å². The Bertz CT molecular complexity index is 455. The van der Waals surface area contributed by atoms with Gasteiger partial charge in [-0.15, -0.1) is 23.1 Å². The second kappa shape index (κ2) is 4.99. The molecule has 1 N–H and O–H groups in total. The van der Waals surface area contributed by atoms with Crippen LogP contribution in [0.25, 0.3) is 0 Å². The third-order valence-electron chi connectivity index (χ3n) is 2.50. The molecule has 1 aliphatic heterocycles. The Morgan fingerprint density at radius 3 is 2.82 bits per heavy atom. The van der Waals surface area contributed by atoms with Gasteiger partial charge in [0.15, 0.2) is 0 Å². The normalized spacial score (nSPS) is 19.6. The summed E-state index contributed by atoms with van der Waals surface area (Å²) in [6.45, 7) is 1.91. The lowest BCUT2D eigenvalue weighted by Crippen LogP contribution is -2.41. The number of hydrogen-bond donors (Lipinski definition) is 1. The molecule has 0 spiro atoms. The summed E-state index contributed by atoms with van der Waals surface area (Å²) in [5, 5.41) is 9.03. The Labute approximate surface area is 115 Å². The van der Waals surface area contributed by atoms with Crippen LogP contribution in [0.1, 0.15) is 15.2 Å². The molecular formula is C10H10BrNO3S2. The zero-order chi connectivity index (χ0) is 12.6. The molecule has 1 fully saturated rings. The highest BCUT2D eigenvalue weighted by molar-refractivity contribution is 9.11. The summed E-state index contributed by atoms with van der Waals surface area (Å²) in [4.78, 5) is 25.2. The zero-order valence-electron chi connectivity index (χ0n) is 8.97. The molecular weight excluding hydrogens is 326 g/mol. The Hall–Kier alpha value is -0.530. The Kier molecular flexibility index (Phi) is 3.79. The molecule has 4 nitrogen and oxygen atoms in total. The summed E-state index contributed by atoms with van der Waals surface area (Å²) in [5.74, 6) is -0.214. The highest BCUT2D eigenvalue weighted by Crippen LogP contribution is 2.30. The molecule has 1 aliphatic rings. The molecule has 1 aromatic heterocycles. The molecule has 0 aliphatic carbocycles. The van der Waals surface area contributed by atoms with Crippen LogP contribution in [-0.4, -0.2) is 39.6 Å². The van der Waals surface area contributed by atoms with E-state index in [9.17, 15) is 9.59 Å². The minimum Gasteiger partial charge on any atom is -0.480 e. The van der Waals surface area contributed by atoms with Crippen LogP contribution < -0.4 is 0 Å². The van der Waals surface area contributed by atoms with Gasteiger partial charge in [-0.1, -0.05) is 0 Å². The van der Waals surface area contributed by atoms with Gasteiger partial charge in [-0.3, -0.25) is 4.79 Å². The van der Waals surface area contributed by atoms with E-state index in [1.165, 1.54) is 28.0 Å². The van der Waals surface area contributed by atoms with Crippen molar-refractivity contribution in [3.63, 3.8) is 0 Å². The molecule has 1 atom stereocenters. The van der Waals surface area contributed by atoms with Crippen LogP contribution in [0.4, 0.5) is 0 Å². The van der Waals surface area contributed by atoms with Crippen molar-refractivity contribution in [2.75, 3.05) is 11.6 Å². The quantitative estimate of drug-likeness (QED) is 0.901. The molecule has 1 aromatic rings. The van der Waals surface area contributed by atoms with E-state index in [4.69, 9.17) is 5.11 Å². The SMILES string of the molecule is Cc1cc(C(=O)N2CSCC2C(=O)O)sc1Br. The molecule has 92 valence electrons. The highest BCUT2D eigenvalue weighted by Gasteiger charge is 2.35. The zero-order valence-corrected chi connectivity index (χ0v) is 12.2. The van der Waals surface area contributed by atoms with Crippen LogP contribution in [0.2, 0.25) is 0 Å². The van der Waals surface area contributed by atoms with Crippen molar-refractivity contribution in [3.05, 3.63) is 20.3 Å². The number of carbonyl (C=O) groups is 2. The maximum absolute atomic E-state index is 12.2. The minimum atomic E-state index is -0.935. The largest absolute Gasteiger partial charge is 0.480 e. The molecule has 7 heteroatoms. The average molecular weight is 336 g/mol. The number of carboxylic acids is 1. The first-order chi connectivity index (χ1) is 8.00. The van der Waals surface area contributed by atoms with E-state index in [1.807, 2.05) is 6.92 Å². The Balaban J connectivity index is 2.22. The molecule has 2 heterocycles. The van der Waals surface area contributed by atoms with Crippen LogP contribution in [0.15, 0.2) is 9.85 Å². The lowest BCUT2D eigenvalue weighted by molar-refractivity contribution is -0.140. The fraction of sp³-hybridized carbons (Fsp3) is 0.400. The van der Waals surface area contributed by atoms with E-state index in [2.05, 4.69) is 15.9 Å². The van der Waals surface area contributed by atoms with Crippen LogP contribution in [0.5, 0.6) is 0 Å². The van der Waals surface area contributed by atoms with Gasteiger partial charge in [0, 0.05) is 5.75 Å². The summed E-state index contributed by atoms with van der Waals surface area (Å²) in [6, 6.07) is 1.09.